The van der Waals surface area contributed by atoms with Gasteiger partial charge < -0.3 is 28.8 Å². The van der Waals surface area contributed by atoms with Crippen LogP contribution in [0.3, 0.4) is 0 Å². The van der Waals surface area contributed by atoms with Crippen LogP contribution >= 0.6 is 0 Å². The summed E-state index contributed by atoms with van der Waals surface area (Å²) < 4.78 is 21.5. The predicted molar refractivity (Wildman–Crippen MR) is 123 cm³/mol. The van der Waals surface area contributed by atoms with Crippen LogP contribution in [0.2, 0.25) is 0 Å². The average molecular weight is 486 g/mol. The van der Waals surface area contributed by atoms with E-state index in [-0.39, 0.29) is 36.0 Å². The molecule has 0 N–H and O–H groups in total. The van der Waals surface area contributed by atoms with Crippen LogP contribution < -0.4 is 44.1 Å². The molecule has 2 atom stereocenters. The Bertz CT molecular complexity index is 1050. The molecule has 0 heterocycles. The van der Waals surface area contributed by atoms with E-state index in [9.17, 15) is 14.7 Å². The molecule has 35 heavy (non-hydrogen) atoms. The second-order valence-corrected chi connectivity index (χ2v) is 7.66. The Morgan fingerprint density at radius 3 is 1.74 bits per heavy atom. The van der Waals surface area contributed by atoms with Gasteiger partial charge in [-0.15, -0.1) is 0 Å². The molecule has 0 saturated carbocycles. The maximum absolute atomic E-state index is 12.6. The molecule has 0 saturated heterocycles. The van der Waals surface area contributed by atoms with E-state index in [0.717, 1.165) is 16.9 Å². The van der Waals surface area contributed by atoms with Crippen molar-refractivity contribution in [2.24, 2.45) is 0 Å². The fourth-order valence-electron chi connectivity index (χ4n) is 3.29. The number of esters is 1. The number of aliphatic carboxylic acids is 1. The number of rotatable bonds is 12. The average Bonchev–Trinajstić information content (AvgIpc) is 2.86. The predicted octanol–water partition coefficient (Wildman–Crippen LogP) is -0.260. The fraction of sp³-hybridized carbons (Fsp3) is 0.259. The van der Waals surface area contributed by atoms with E-state index in [1.54, 1.807) is 24.3 Å². The van der Waals surface area contributed by atoms with Gasteiger partial charge in [0, 0.05) is 27.1 Å². The van der Waals surface area contributed by atoms with E-state index in [2.05, 4.69) is 0 Å². The standard InChI is InChI=1S/C27H28O7.Na/c1-31-24(26(28)29)16-19-10-14-23(15-11-19)34-27(30)25(32-2)17-20-8-12-22(13-9-20)33-18-21-6-4-3-5-7-21;/h3-15,24-25H,16-18H2,1-2H3,(H,28,29);/q;+1/p-1. The zero-order chi connectivity index (χ0) is 24.3. The van der Waals surface area contributed by atoms with Gasteiger partial charge >= 0.3 is 35.5 Å². The van der Waals surface area contributed by atoms with E-state index in [0.29, 0.717) is 24.3 Å². The van der Waals surface area contributed by atoms with Gasteiger partial charge in [0.1, 0.15) is 24.2 Å². The Hall–Kier alpha value is -2.68. The van der Waals surface area contributed by atoms with Crippen molar-refractivity contribution in [3.63, 3.8) is 0 Å². The van der Waals surface area contributed by atoms with Gasteiger partial charge in [-0.25, -0.2) is 4.79 Å². The van der Waals surface area contributed by atoms with E-state index < -0.39 is 24.1 Å². The summed E-state index contributed by atoms with van der Waals surface area (Å²) in [6.07, 6.45) is -1.33. The van der Waals surface area contributed by atoms with Crippen LogP contribution in [0.5, 0.6) is 11.5 Å². The maximum Gasteiger partial charge on any atom is 1.00 e. The molecule has 0 spiro atoms. The molecule has 2 unspecified atom stereocenters. The molecule has 3 aromatic carbocycles. The number of hydrogen-bond donors (Lipinski definition) is 0. The summed E-state index contributed by atoms with van der Waals surface area (Å²) in [6.45, 7) is 0.478. The molecular formula is C27H27NaO7. The van der Waals surface area contributed by atoms with Crippen molar-refractivity contribution in [2.75, 3.05) is 14.2 Å². The second kappa shape index (κ2) is 14.7. The first-order valence-electron chi connectivity index (χ1n) is 10.8. The van der Waals surface area contributed by atoms with Crippen molar-refractivity contribution in [3.8, 4) is 11.5 Å². The third-order valence-corrected chi connectivity index (χ3v) is 5.25. The zero-order valence-corrected chi connectivity index (χ0v) is 22.1. The van der Waals surface area contributed by atoms with Crippen LogP contribution in [0.4, 0.5) is 0 Å². The molecule has 0 amide bonds. The summed E-state index contributed by atoms with van der Waals surface area (Å²) >= 11 is 0. The third kappa shape index (κ3) is 9.12. The molecule has 0 aliphatic heterocycles. The molecule has 0 radical (unpaired) electrons. The van der Waals surface area contributed by atoms with Gasteiger partial charge in [0.05, 0.1) is 5.97 Å². The number of carbonyl (C=O) groups excluding carboxylic acids is 2. The van der Waals surface area contributed by atoms with Crippen molar-refractivity contribution in [2.45, 2.75) is 31.7 Å². The number of ether oxygens (including phenoxy) is 4. The minimum atomic E-state index is -1.28. The number of carboxylic acids is 1. The normalized spacial score (nSPS) is 12.2. The molecule has 0 aliphatic carbocycles. The smallest absolute Gasteiger partial charge is 0.547 e. The molecule has 178 valence electrons. The number of carbonyl (C=O) groups is 2. The van der Waals surface area contributed by atoms with Gasteiger partial charge in [-0.1, -0.05) is 54.6 Å². The first-order valence-corrected chi connectivity index (χ1v) is 10.8. The molecule has 7 nitrogen and oxygen atoms in total. The molecule has 3 rings (SSSR count). The fourth-order valence-corrected chi connectivity index (χ4v) is 3.29. The van der Waals surface area contributed by atoms with Gasteiger partial charge in [-0.3, -0.25) is 0 Å². The Kier molecular flexibility index (Phi) is 12.0. The van der Waals surface area contributed by atoms with Crippen molar-refractivity contribution in [1.82, 2.24) is 0 Å². The molecule has 8 heteroatoms. The van der Waals surface area contributed by atoms with Crippen LogP contribution in [0, 0.1) is 0 Å². The molecule has 0 aliphatic rings. The Morgan fingerprint density at radius 2 is 1.23 bits per heavy atom. The third-order valence-electron chi connectivity index (χ3n) is 5.25. The van der Waals surface area contributed by atoms with Crippen molar-refractivity contribution in [3.05, 3.63) is 95.6 Å². The Balaban J connectivity index is 0.00000432. The molecule has 3 aromatic rings. The van der Waals surface area contributed by atoms with Crippen LogP contribution in [0.25, 0.3) is 0 Å². The maximum atomic E-state index is 12.6. The van der Waals surface area contributed by atoms with Crippen molar-refractivity contribution >= 4 is 11.9 Å². The van der Waals surface area contributed by atoms with Crippen LogP contribution in [-0.2, 0) is 38.5 Å². The van der Waals surface area contributed by atoms with Gasteiger partial charge in [-0.05, 0) is 41.0 Å². The minimum Gasteiger partial charge on any atom is -0.547 e. The molecular weight excluding hydrogens is 459 g/mol. The first-order chi connectivity index (χ1) is 16.5. The Labute approximate surface area is 227 Å². The quantitative estimate of drug-likeness (QED) is 0.198. The summed E-state index contributed by atoms with van der Waals surface area (Å²) in [5.74, 6) is -0.734. The monoisotopic (exact) mass is 486 g/mol. The largest absolute Gasteiger partial charge is 1.00 e. The van der Waals surface area contributed by atoms with Crippen molar-refractivity contribution in [1.29, 1.82) is 0 Å². The van der Waals surface area contributed by atoms with Crippen LogP contribution in [0.1, 0.15) is 16.7 Å². The summed E-state index contributed by atoms with van der Waals surface area (Å²) in [5, 5.41) is 11.0. The Morgan fingerprint density at radius 1 is 0.714 bits per heavy atom. The van der Waals surface area contributed by atoms with E-state index in [1.807, 2.05) is 54.6 Å². The minimum absolute atomic E-state index is 0. The van der Waals surface area contributed by atoms with Crippen LogP contribution in [-0.4, -0.2) is 38.4 Å². The van der Waals surface area contributed by atoms with E-state index >= 15 is 0 Å². The topological polar surface area (TPSA) is 94.1 Å². The summed E-state index contributed by atoms with van der Waals surface area (Å²) in [6, 6.07) is 23.9. The van der Waals surface area contributed by atoms with Gasteiger partial charge in [0.2, 0.25) is 0 Å². The number of hydrogen-bond acceptors (Lipinski definition) is 7. The molecule has 0 bridgehead atoms. The number of benzene rings is 3. The summed E-state index contributed by atoms with van der Waals surface area (Å²) in [7, 11) is 2.77. The molecule has 0 aromatic heterocycles. The molecule has 0 fully saturated rings. The summed E-state index contributed by atoms with van der Waals surface area (Å²) in [5.41, 5.74) is 2.70. The zero-order valence-electron chi connectivity index (χ0n) is 20.1. The number of methoxy groups -OCH3 is 2. The second-order valence-electron chi connectivity index (χ2n) is 7.66. The van der Waals surface area contributed by atoms with Gasteiger partial charge in [0.15, 0.2) is 6.10 Å². The SMILES string of the molecule is COC(Cc1ccc(OC(=O)C(Cc2ccc(OCc3ccccc3)cc2)OC)cc1)C(=O)[O-].[Na+]. The van der Waals surface area contributed by atoms with Gasteiger partial charge in [-0.2, -0.15) is 0 Å². The summed E-state index contributed by atoms with van der Waals surface area (Å²) in [4.78, 5) is 23.6. The van der Waals surface area contributed by atoms with Gasteiger partial charge in [0.25, 0.3) is 0 Å². The van der Waals surface area contributed by atoms with E-state index in [1.165, 1.54) is 14.2 Å². The number of carboxylic acid groups (broad SMARTS) is 1. The van der Waals surface area contributed by atoms with E-state index in [4.69, 9.17) is 18.9 Å². The van der Waals surface area contributed by atoms with Crippen molar-refractivity contribution < 1.29 is 63.2 Å². The van der Waals surface area contributed by atoms with Crippen LogP contribution in [0.15, 0.2) is 78.9 Å². The first kappa shape index (κ1) is 28.6.